The molecule has 1 fully saturated rings. The third-order valence-electron chi connectivity index (χ3n) is 5.09. The minimum atomic E-state index is -0.216. The van der Waals surface area contributed by atoms with Crippen molar-refractivity contribution in [3.8, 4) is 11.8 Å². The van der Waals surface area contributed by atoms with Gasteiger partial charge in [-0.1, -0.05) is 54.2 Å². The molecule has 0 N–H and O–H groups in total. The van der Waals surface area contributed by atoms with Crippen LogP contribution in [0.15, 0.2) is 65.2 Å². The van der Waals surface area contributed by atoms with Crippen LogP contribution in [0.5, 0.6) is 5.75 Å². The van der Waals surface area contributed by atoms with Crippen molar-refractivity contribution in [1.82, 2.24) is 9.80 Å². The summed E-state index contributed by atoms with van der Waals surface area (Å²) in [5.41, 5.74) is 2.84. The highest BCUT2D eigenvalue weighted by molar-refractivity contribution is 8.03. The Labute approximate surface area is 169 Å². The highest BCUT2D eigenvalue weighted by Gasteiger charge is 2.38. The lowest BCUT2D eigenvalue weighted by molar-refractivity contribution is -0.131. The number of amides is 1. The highest BCUT2D eigenvalue weighted by Crippen LogP contribution is 2.43. The normalized spacial score (nSPS) is 19.9. The summed E-state index contributed by atoms with van der Waals surface area (Å²) in [4.78, 5) is 16.9. The van der Waals surface area contributed by atoms with E-state index in [0.717, 1.165) is 28.8 Å². The molecule has 1 saturated heterocycles. The molecule has 142 valence electrons. The van der Waals surface area contributed by atoms with Crippen molar-refractivity contribution in [1.29, 1.82) is 5.26 Å². The van der Waals surface area contributed by atoms with E-state index in [2.05, 4.69) is 23.1 Å². The number of carbonyl (C=O) groups excluding carboxylic acids is 1. The van der Waals surface area contributed by atoms with Crippen LogP contribution in [0.2, 0.25) is 0 Å². The molecule has 6 heteroatoms. The number of hydrogen-bond acceptors (Lipinski definition) is 5. The van der Waals surface area contributed by atoms with Crippen molar-refractivity contribution in [2.75, 3.05) is 19.7 Å². The average Bonchev–Trinajstić information content (AvgIpc) is 2.74. The summed E-state index contributed by atoms with van der Waals surface area (Å²) >= 11 is 1.58. The van der Waals surface area contributed by atoms with Crippen LogP contribution in [0.1, 0.15) is 23.5 Å². The van der Waals surface area contributed by atoms with Gasteiger partial charge >= 0.3 is 0 Å². The quantitative estimate of drug-likeness (QED) is 0.791. The fraction of sp³-hybridized carbons (Fsp3) is 0.273. The maximum atomic E-state index is 12.9. The largest absolute Gasteiger partial charge is 0.497 e. The standard InChI is InChI=1S/C22H21N3O2S/c1-27-18-9-5-8-17(10-18)19-11-21(26)25-14-24(13-16-6-3-2-4-7-16)15-28-22(25)20(19)12-23/h2-10,19H,11,13-15H2,1H3/t19-/m1/s1. The molecule has 2 aromatic rings. The van der Waals surface area contributed by atoms with E-state index in [-0.39, 0.29) is 11.8 Å². The number of hydrogen-bond donors (Lipinski definition) is 0. The second kappa shape index (κ2) is 8.09. The number of rotatable bonds is 4. The molecule has 28 heavy (non-hydrogen) atoms. The van der Waals surface area contributed by atoms with Crippen molar-refractivity contribution in [3.63, 3.8) is 0 Å². The summed E-state index contributed by atoms with van der Waals surface area (Å²) < 4.78 is 5.31. The van der Waals surface area contributed by atoms with Crippen LogP contribution in [-0.4, -0.2) is 35.4 Å². The van der Waals surface area contributed by atoms with Crippen LogP contribution in [0, 0.1) is 11.3 Å². The number of thioether (sulfide) groups is 1. The van der Waals surface area contributed by atoms with Crippen LogP contribution in [0.25, 0.3) is 0 Å². The fourth-order valence-electron chi connectivity index (χ4n) is 3.69. The number of methoxy groups -OCH3 is 1. The molecule has 5 nitrogen and oxygen atoms in total. The number of benzene rings is 2. The first-order valence-electron chi connectivity index (χ1n) is 9.17. The van der Waals surface area contributed by atoms with Gasteiger partial charge < -0.3 is 4.74 Å². The van der Waals surface area contributed by atoms with Gasteiger partial charge in [0.2, 0.25) is 5.91 Å². The molecule has 0 aliphatic carbocycles. The van der Waals surface area contributed by atoms with Gasteiger partial charge in [0, 0.05) is 18.9 Å². The topological polar surface area (TPSA) is 56.6 Å². The van der Waals surface area contributed by atoms with Gasteiger partial charge in [-0.25, -0.2) is 0 Å². The van der Waals surface area contributed by atoms with E-state index in [9.17, 15) is 10.1 Å². The van der Waals surface area contributed by atoms with Crippen LogP contribution in [0.3, 0.4) is 0 Å². The molecular formula is C22H21N3O2S. The van der Waals surface area contributed by atoms with E-state index in [1.54, 1.807) is 23.8 Å². The predicted molar refractivity (Wildman–Crippen MR) is 109 cm³/mol. The number of ether oxygens (including phenoxy) is 1. The SMILES string of the molecule is COc1cccc([C@H]2CC(=O)N3CN(Cc4ccccc4)CSC3=C2C#N)c1. The van der Waals surface area contributed by atoms with Crippen molar-refractivity contribution in [2.45, 2.75) is 18.9 Å². The van der Waals surface area contributed by atoms with E-state index in [4.69, 9.17) is 4.74 Å². The van der Waals surface area contributed by atoms with E-state index >= 15 is 0 Å². The third-order valence-corrected chi connectivity index (χ3v) is 6.30. The Morgan fingerprint density at radius 3 is 2.79 bits per heavy atom. The van der Waals surface area contributed by atoms with Crippen LogP contribution in [0.4, 0.5) is 0 Å². The first-order valence-corrected chi connectivity index (χ1v) is 10.2. The minimum Gasteiger partial charge on any atom is -0.497 e. The zero-order valence-corrected chi connectivity index (χ0v) is 16.5. The Morgan fingerprint density at radius 2 is 2.04 bits per heavy atom. The molecule has 0 bridgehead atoms. The molecule has 1 atom stereocenters. The van der Waals surface area contributed by atoms with Gasteiger partial charge in [-0.2, -0.15) is 5.26 Å². The lowest BCUT2D eigenvalue weighted by atomic mass is 9.86. The summed E-state index contributed by atoms with van der Waals surface area (Å²) in [5, 5.41) is 10.7. The molecular weight excluding hydrogens is 370 g/mol. The van der Waals surface area contributed by atoms with Gasteiger partial charge in [-0.05, 0) is 23.3 Å². The summed E-state index contributed by atoms with van der Waals surface area (Å²) in [5.74, 6) is 1.34. The molecule has 2 aliphatic heterocycles. The van der Waals surface area contributed by atoms with E-state index in [1.807, 2.05) is 42.5 Å². The summed E-state index contributed by atoms with van der Waals surface area (Å²) in [6.45, 7) is 1.30. The lowest BCUT2D eigenvalue weighted by Gasteiger charge is -2.41. The van der Waals surface area contributed by atoms with Crippen LogP contribution in [-0.2, 0) is 11.3 Å². The number of fused-ring (bicyclic) bond motifs is 1. The predicted octanol–water partition coefficient (Wildman–Crippen LogP) is 3.91. The van der Waals surface area contributed by atoms with Gasteiger partial charge in [-0.15, -0.1) is 0 Å². The van der Waals surface area contributed by atoms with Crippen molar-refractivity contribution in [3.05, 3.63) is 76.3 Å². The average molecular weight is 391 g/mol. The molecule has 0 unspecified atom stereocenters. The fourth-order valence-corrected chi connectivity index (χ4v) is 4.83. The molecule has 2 aromatic carbocycles. The van der Waals surface area contributed by atoms with Crippen molar-refractivity contribution < 1.29 is 9.53 Å². The Kier molecular flexibility index (Phi) is 5.38. The third kappa shape index (κ3) is 3.64. The number of allylic oxidation sites excluding steroid dienone is 1. The maximum Gasteiger partial charge on any atom is 0.229 e. The van der Waals surface area contributed by atoms with Gasteiger partial charge in [0.05, 0.1) is 36.3 Å². The van der Waals surface area contributed by atoms with Gasteiger partial charge in [0.1, 0.15) is 5.75 Å². The molecule has 2 aliphatic rings. The van der Waals surface area contributed by atoms with Gasteiger partial charge in [-0.3, -0.25) is 14.6 Å². The monoisotopic (exact) mass is 391 g/mol. The molecule has 2 heterocycles. The first-order chi connectivity index (χ1) is 13.7. The highest BCUT2D eigenvalue weighted by atomic mass is 32.2. The number of carbonyl (C=O) groups is 1. The maximum absolute atomic E-state index is 12.9. The molecule has 0 saturated carbocycles. The Hall–Kier alpha value is -2.75. The van der Waals surface area contributed by atoms with Crippen LogP contribution >= 0.6 is 11.8 Å². The molecule has 0 spiro atoms. The van der Waals surface area contributed by atoms with Crippen molar-refractivity contribution in [2.24, 2.45) is 0 Å². The van der Waals surface area contributed by atoms with E-state index in [0.29, 0.717) is 18.7 Å². The number of nitrogens with zero attached hydrogens (tertiary/aromatic N) is 3. The van der Waals surface area contributed by atoms with Crippen LogP contribution < -0.4 is 4.74 Å². The van der Waals surface area contributed by atoms with Crippen molar-refractivity contribution >= 4 is 17.7 Å². The second-order valence-corrected chi connectivity index (χ2v) is 7.85. The number of nitriles is 1. The molecule has 0 aromatic heterocycles. The summed E-state index contributed by atoms with van der Waals surface area (Å²) in [7, 11) is 1.62. The minimum absolute atomic E-state index is 0.0621. The molecule has 0 radical (unpaired) electrons. The molecule has 1 amide bonds. The first kappa shape index (κ1) is 18.6. The Bertz CT molecular complexity index is 952. The molecule has 4 rings (SSSR count). The van der Waals surface area contributed by atoms with E-state index in [1.165, 1.54) is 5.56 Å². The zero-order valence-electron chi connectivity index (χ0n) is 15.7. The lowest BCUT2D eigenvalue weighted by Crippen LogP contribution is -2.46. The smallest absolute Gasteiger partial charge is 0.229 e. The summed E-state index contributed by atoms with van der Waals surface area (Å²) in [6.07, 6.45) is 0.305. The Morgan fingerprint density at radius 1 is 1.21 bits per heavy atom. The zero-order chi connectivity index (χ0) is 19.5. The summed E-state index contributed by atoms with van der Waals surface area (Å²) in [6, 6.07) is 20.3. The van der Waals surface area contributed by atoms with Gasteiger partial charge in [0.25, 0.3) is 0 Å². The Balaban J connectivity index is 1.60. The van der Waals surface area contributed by atoms with E-state index < -0.39 is 0 Å². The second-order valence-electron chi connectivity index (χ2n) is 6.92. The van der Waals surface area contributed by atoms with Gasteiger partial charge in [0.15, 0.2) is 0 Å².